The molecule has 0 saturated carbocycles. The summed E-state index contributed by atoms with van der Waals surface area (Å²) >= 11 is 0. The number of rotatable bonds is 15. The first-order chi connectivity index (χ1) is 16.9. The van der Waals surface area contributed by atoms with Crippen LogP contribution in [0.2, 0.25) is 0 Å². The first kappa shape index (κ1) is 31.4. The molecule has 0 saturated heterocycles. The van der Waals surface area contributed by atoms with Crippen molar-refractivity contribution < 1.29 is 22.8 Å². The second-order valence-electron chi connectivity index (χ2n) is 10.0. The highest BCUT2D eigenvalue weighted by Crippen LogP contribution is 2.14. The molecule has 8 nitrogen and oxygen atoms in total. The zero-order valence-electron chi connectivity index (χ0n) is 22.4. The van der Waals surface area contributed by atoms with Crippen molar-refractivity contribution in [3.63, 3.8) is 0 Å². The predicted molar refractivity (Wildman–Crippen MR) is 143 cm³/mol. The van der Waals surface area contributed by atoms with Crippen molar-refractivity contribution in [2.45, 2.75) is 96.7 Å². The van der Waals surface area contributed by atoms with Gasteiger partial charge in [0, 0.05) is 18.4 Å². The summed E-state index contributed by atoms with van der Waals surface area (Å²) in [5, 5.41) is 9.53. The molecule has 0 unspecified atom stereocenters. The fourth-order valence-electron chi connectivity index (χ4n) is 3.73. The quantitative estimate of drug-likeness (QED) is 0.325. The van der Waals surface area contributed by atoms with E-state index in [1.807, 2.05) is 34.6 Å². The van der Waals surface area contributed by atoms with Crippen LogP contribution in [0.5, 0.6) is 0 Å². The molecule has 3 amide bonds. The Hall–Kier alpha value is -2.68. The standard InChI is InChI=1S/C27H43N3O5S/c1-7-8-12-22(15-16-36(34,35)23-13-10-9-11-14-23)29-26(32)25(18-20(4)5)30-27(33)24(17-19(2)3)28-21(6)31/h9-11,13-16,19-20,22,24-25H,7-8,12,17-18H2,1-6H3,(H,28,31)(H,29,32)(H,30,33)/t22-,24-,25-/m0/s1. The third-order valence-corrected chi connectivity index (χ3v) is 6.94. The smallest absolute Gasteiger partial charge is 0.243 e. The molecule has 0 fully saturated rings. The molecule has 0 bridgehead atoms. The second kappa shape index (κ2) is 15.4. The van der Waals surface area contributed by atoms with Crippen molar-refractivity contribution >= 4 is 27.6 Å². The zero-order chi connectivity index (χ0) is 27.3. The molecule has 0 aliphatic heterocycles. The maximum Gasteiger partial charge on any atom is 0.243 e. The van der Waals surface area contributed by atoms with Crippen LogP contribution < -0.4 is 16.0 Å². The van der Waals surface area contributed by atoms with E-state index in [-0.39, 0.29) is 28.5 Å². The lowest BCUT2D eigenvalue weighted by molar-refractivity contribution is -0.132. The lowest BCUT2D eigenvalue weighted by Crippen LogP contribution is -2.55. The van der Waals surface area contributed by atoms with E-state index in [4.69, 9.17) is 0 Å². The van der Waals surface area contributed by atoms with Gasteiger partial charge in [0.05, 0.1) is 4.90 Å². The molecule has 0 aliphatic carbocycles. The van der Waals surface area contributed by atoms with Gasteiger partial charge in [-0.15, -0.1) is 0 Å². The van der Waals surface area contributed by atoms with Gasteiger partial charge in [0.1, 0.15) is 12.1 Å². The lowest BCUT2D eigenvalue weighted by Gasteiger charge is -2.26. The summed E-state index contributed by atoms with van der Waals surface area (Å²) in [6, 6.07) is 6.04. The van der Waals surface area contributed by atoms with Crippen LogP contribution in [-0.4, -0.2) is 44.3 Å². The average Bonchev–Trinajstić information content (AvgIpc) is 2.79. The SMILES string of the molecule is CCCC[C@@H](C=CS(=O)(=O)c1ccccc1)NC(=O)[C@H](CC(C)C)NC(=O)[C@H](CC(C)C)NC(C)=O. The molecule has 0 spiro atoms. The van der Waals surface area contributed by atoms with Crippen molar-refractivity contribution in [3.8, 4) is 0 Å². The summed E-state index contributed by atoms with van der Waals surface area (Å²) in [6.07, 6.45) is 4.59. The van der Waals surface area contributed by atoms with Crippen LogP contribution in [0.4, 0.5) is 0 Å². The van der Waals surface area contributed by atoms with Gasteiger partial charge in [0.15, 0.2) is 9.84 Å². The first-order valence-corrected chi connectivity index (χ1v) is 14.3. The third-order valence-electron chi connectivity index (χ3n) is 5.50. The molecule has 0 aromatic heterocycles. The largest absolute Gasteiger partial charge is 0.348 e. The van der Waals surface area contributed by atoms with Crippen LogP contribution >= 0.6 is 0 Å². The summed E-state index contributed by atoms with van der Waals surface area (Å²) in [4.78, 5) is 38.0. The Labute approximate surface area is 216 Å². The summed E-state index contributed by atoms with van der Waals surface area (Å²) in [5.41, 5.74) is 0. The molecule has 9 heteroatoms. The van der Waals surface area contributed by atoms with Gasteiger partial charge in [-0.05, 0) is 43.2 Å². The first-order valence-electron chi connectivity index (χ1n) is 12.7. The minimum absolute atomic E-state index is 0.119. The summed E-state index contributed by atoms with van der Waals surface area (Å²) < 4.78 is 25.4. The van der Waals surface area contributed by atoms with Gasteiger partial charge in [-0.25, -0.2) is 8.42 Å². The summed E-state index contributed by atoms with van der Waals surface area (Å²) in [6.45, 7) is 11.2. The van der Waals surface area contributed by atoms with Gasteiger partial charge >= 0.3 is 0 Å². The Morgan fingerprint density at radius 2 is 1.39 bits per heavy atom. The number of hydrogen-bond acceptors (Lipinski definition) is 5. The molecule has 0 heterocycles. The van der Waals surface area contributed by atoms with E-state index in [2.05, 4.69) is 16.0 Å². The number of unbranched alkanes of at least 4 members (excludes halogenated alkanes) is 1. The van der Waals surface area contributed by atoms with E-state index in [0.29, 0.717) is 19.3 Å². The second-order valence-corrected chi connectivity index (χ2v) is 11.9. The number of sulfone groups is 1. The van der Waals surface area contributed by atoms with Crippen molar-refractivity contribution in [3.05, 3.63) is 41.8 Å². The summed E-state index contributed by atoms with van der Waals surface area (Å²) in [7, 11) is -3.65. The van der Waals surface area contributed by atoms with Crippen LogP contribution in [0.15, 0.2) is 46.7 Å². The third kappa shape index (κ3) is 11.8. The Balaban J connectivity index is 3.07. The molecule has 1 rings (SSSR count). The monoisotopic (exact) mass is 521 g/mol. The summed E-state index contributed by atoms with van der Waals surface area (Å²) in [5.74, 6) is -0.823. The minimum atomic E-state index is -3.65. The maximum absolute atomic E-state index is 13.3. The molecule has 202 valence electrons. The predicted octanol–water partition coefficient (Wildman–Crippen LogP) is 3.73. The van der Waals surface area contributed by atoms with Crippen molar-refractivity contribution in [1.29, 1.82) is 0 Å². The molecular weight excluding hydrogens is 478 g/mol. The number of benzene rings is 1. The number of nitrogens with one attached hydrogen (secondary N) is 3. The van der Waals surface area contributed by atoms with Gasteiger partial charge < -0.3 is 16.0 Å². The molecule has 1 aromatic carbocycles. The van der Waals surface area contributed by atoms with Gasteiger partial charge in [-0.3, -0.25) is 14.4 Å². The average molecular weight is 522 g/mol. The highest BCUT2D eigenvalue weighted by atomic mass is 32.2. The van der Waals surface area contributed by atoms with Crippen molar-refractivity contribution in [2.75, 3.05) is 0 Å². The number of amides is 3. The van der Waals surface area contributed by atoms with Crippen molar-refractivity contribution in [2.24, 2.45) is 11.8 Å². The molecule has 3 atom stereocenters. The Morgan fingerprint density at radius 3 is 1.89 bits per heavy atom. The Bertz CT molecular complexity index is 974. The van der Waals surface area contributed by atoms with E-state index >= 15 is 0 Å². The Morgan fingerprint density at radius 1 is 0.861 bits per heavy atom. The van der Waals surface area contributed by atoms with Gasteiger partial charge in [-0.2, -0.15) is 0 Å². The van der Waals surface area contributed by atoms with Crippen LogP contribution in [0.25, 0.3) is 0 Å². The lowest BCUT2D eigenvalue weighted by atomic mass is 9.99. The van der Waals surface area contributed by atoms with E-state index < -0.39 is 33.9 Å². The maximum atomic E-state index is 13.3. The van der Waals surface area contributed by atoms with Gasteiger partial charge in [0.2, 0.25) is 17.7 Å². The van der Waals surface area contributed by atoms with Gasteiger partial charge in [-0.1, -0.05) is 71.7 Å². The Kier molecular flexibility index (Phi) is 13.4. The van der Waals surface area contributed by atoms with Gasteiger partial charge in [0.25, 0.3) is 0 Å². The van der Waals surface area contributed by atoms with Crippen LogP contribution in [-0.2, 0) is 24.2 Å². The van der Waals surface area contributed by atoms with E-state index in [1.54, 1.807) is 18.2 Å². The number of hydrogen-bond donors (Lipinski definition) is 3. The van der Waals surface area contributed by atoms with Crippen LogP contribution in [0.3, 0.4) is 0 Å². The fraction of sp³-hybridized carbons (Fsp3) is 0.593. The van der Waals surface area contributed by atoms with E-state index in [1.165, 1.54) is 25.1 Å². The molecule has 36 heavy (non-hydrogen) atoms. The highest BCUT2D eigenvalue weighted by Gasteiger charge is 2.28. The topological polar surface area (TPSA) is 121 Å². The molecule has 3 N–H and O–H groups in total. The minimum Gasteiger partial charge on any atom is -0.348 e. The molecule has 1 aromatic rings. The molecular formula is C27H43N3O5S. The van der Waals surface area contributed by atoms with Crippen molar-refractivity contribution in [1.82, 2.24) is 16.0 Å². The number of carbonyl (C=O) groups is 3. The zero-order valence-corrected chi connectivity index (χ0v) is 23.2. The van der Waals surface area contributed by atoms with E-state index in [9.17, 15) is 22.8 Å². The number of carbonyl (C=O) groups excluding carboxylic acids is 3. The fourth-order valence-corrected chi connectivity index (χ4v) is 4.82. The normalized spacial score (nSPS) is 14.4. The van der Waals surface area contributed by atoms with Crippen LogP contribution in [0.1, 0.15) is 73.6 Å². The van der Waals surface area contributed by atoms with E-state index in [0.717, 1.165) is 18.2 Å². The molecule has 0 aliphatic rings. The highest BCUT2D eigenvalue weighted by molar-refractivity contribution is 7.94. The molecule has 0 radical (unpaired) electrons. The van der Waals surface area contributed by atoms with Crippen LogP contribution in [0, 0.1) is 11.8 Å².